The van der Waals surface area contributed by atoms with Crippen LogP contribution < -0.4 is 5.73 Å². The predicted octanol–water partition coefficient (Wildman–Crippen LogP) is -0.0909. The summed E-state index contributed by atoms with van der Waals surface area (Å²) in [5.74, 6) is 0.0370. The Balaban J connectivity index is 2.99. The number of nitrogens with two attached hydrogens (primary N) is 1. The number of carbonyl (C=O) groups is 1. The molecule has 0 heterocycles. The minimum atomic E-state index is 0.0370. The maximum Gasteiger partial charge on any atom is 0.156 e. The number of hydrogen-bond acceptors (Lipinski definition) is 2. The zero-order chi connectivity index (χ0) is 4.99. The van der Waals surface area contributed by atoms with Crippen LogP contribution in [0.25, 0.3) is 0 Å². The lowest BCUT2D eigenvalue weighted by Crippen LogP contribution is -2.13. The molecular formula is C3H6BrNO. The third-order valence-electron chi connectivity index (χ3n) is 0.377. The summed E-state index contributed by atoms with van der Waals surface area (Å²) >= 11 is 2.95. The van der Waals surface area contributed by atoms with Crippen molar-refractivity contribution in [2.45, 2.75) is 0 Å². The molecule has 0 rings (SSSR count). The normalized spacial score (nSPS) is 8.33. The molecule has 0 unspecified atom stereocenters. The summed E-state index contributed by atoms with van der Waals surface area (Å²) in [6.07, 6.45) is 0. The molecular weight excluding hydrogens is 146 g/mol. The molecule has 0 aliphatic carbocycles. The second-order valence-corrected chi connectivity index (χ2v) is 1.44. The standard InChI is InChI=1S/C3H6BrNO/c4-1-3(6)2-5/h1-2,5H2. The quantitative estimate of drug-likeness (QED) is 0.562. The van der Waals surface area contributed by atoms with E-state index in [9.17, 15) is 4.79 Å². The van der Waals surface area contributed by atoms with Crippen molar-refractivity contribution < 1.29 is 4.79 Å². The van der Waals surface area contributed by atoms with Crippen LogP contribution in [0.5, 0.6) is 0 Å². The molecule has 0 aliphatic rings. The van der Waals surface area contributed by atoms with Crippen LogP contribution in [0.3, 0.4) is 0 Å². The van der Waals surface area contributed by atoms with Crippen molar-refractivity contribution in [3.05, 3.63) is 0 Å². The highest BCUT2D eigenvalue weighted by molar-refractivity contribution is 9.09. The van der Waals surface area contributed by atoms with Crippen molar-refractivity contribution >= 4 is 21.7 Å². The van der Waals surface area contributed by atoms with Crippen molar-refractivity contribution in [2.24, 2.45) is 5.73 Å². The van der Waals surface area contributed by atoms with Gasteiger partial charge in [-0.25, -0.2) is 0 Å². The van der Waals surface area contributed by atoms with Crippen LogP contribution in [0.4, 0.5) is 0 Å². The Bertz CT molecular complexity index is 48.8. The minimum Gasteiger partial charge on any atom is -0.324 e. The first-order chi connectivity index (χ1) is 2.81. The Morgan fingerprint density at radius 1 is 1.83 bits per heavy atom. The third kappa shape index (κ3) is 2.35. The summed E-state index contributed by atoms with van der Waals surface area (Å²) in [5, 5.41) is 0.378. The van der Waals surface area contributed by atoms with E-state index in [1.807, 2.05) is 0 Å². The van der Waals surface area contributed by atoms with Crippen LogP contribution in [0, 0.1) is 0 Å². The van der Waals surface area contributed by atoms with E-state index in [2.05, 4.69) is 15.9 Å². The number of alkyl halides is 1. The number of carbonyl (C=O) groups excluding carboxylic acids is 1. The number of Topliss-reactive ketones (excluding diaryl/α,β-unsaturated/α-hetero) is 1. The lowest BCUT2D eigenvalue weighted by Gasteiger charge is -1.80. The van der Waals surface area contributed by atoms with Gasteiger partial charge in [-0.1, -0.05) is 15.9 Å². The molecule has 0 spiro atoms. The van der Waals surface area contributed by atoms with Crippen molar-refractivity contribution in [1.29, 1.82) is 0 Å². The van der Waals surface area contributed by atoms with Gasteiger partial charge in [0.15, 0.2) is 5.78 Å². The van der Waals surface area contributed by atoms with Crippen molar-refractivity contribution in [3.8, 4) is 0 Å². The van der Waals surface area contributed by atoms with Crippen LogP contribution in [0.1, 0.15) is 0 Å². The molecule has 0 radical (unpaired) electrons. The first-order valence-corrected chi connectivity index (χ1v) is 2.71. The second-order valence-electron chi connectivity index (χ2n) is 0.876. The molecule has 3 heteroatoms. The van der Waals surface area contributed by atoms with Crippen LogP contribution in [0.2, 0.25) is 0 Å². The maximum atomic E-state index is 10.0. The highest BCUT2D eigenvalue weighted by Gasteiger charge is 1.88. The van der Waals surface area contributed by atoms with Crippen LogP contribution in [0.15, 0.2) is 0 Å². The fraction of sp³-hybridized carbons (Fsp3) is 0.667. The Kier molecular flexibility index (Phi) is 3.37. The molecule has 36 valence electrons. The lowest BCUT2D eigenvalue weighted by molar-refractivity contribution is -0.115. The first-order valence-electron chi connectivity index (χ1n) is 1.59. The largest absolute Gasteiger partial charge is 0.324 e. The van der Waals surface area contributed by atoms with Crippen LogP contribution in [-0.2, 0) is 4.79 Å². The topological polar surface area (TPSA) is 43.1 Å². The molecule has 0 amide bonds. The van der Waals surface area contributed by atoms with E-state index < -0.39 is 0 Å². The fourth-order valence-electron chi connectivity index (χ4n) is 0.0546. The van der Waals surface area contributed by atoms with Gasteiger partial charge in [0.2, 0.25) is 0 Å². The van der Waals surface area contributed by atoms with Crippen molar-refractivity contribution in [1.82, 2.24) is 0 Å². The molecule has 0 fully saturated rings. The number of halogens is 1. The molecule has 0 aliphatic heterocycles. The zero-order valence-electron chi connectivity index (χ0n) is 3.28. The van der Waals surface area contributed by atoms with Crippen molar-refractivity contribution in [2.75, 3.05) is 11.9 Å². The molecule has 6 heavy (non-hydrogen) atoms. The maximum absolute atomic E-state index is 10.0. The SMILES string of the molecule is NCC(=O)CBr. The van der Waals surface area contributed by atoms with Gasteiger partial charge in [-0.2, -0.15) is 0 Å². The average molecular weight is 152 g/mol. The molecule has 0 aromatic heterocycles. The predicted molar refractivity (Wildman–Crippen MR) is 27.9 cm³/mol. The van der Waals surface area contributed by atoms with Gasteiger partial charge in [0.1, 0.15) is 0 Å². The van der Waals surface area contributed by atoms with Crippen LogP contribution in [-0.4, -0.2) is 17.7 Å². The van der Waals surface area contributed by atoms with Gasteiger partial charge in [-0.05, 0) is 0 Å². The smallest absolute Gasteiger partial charge is 0.156 e. The Labute approximate surface area is 44.8 Å². The highest BCUT2D eigenvalue weighted by Crippen LogP contribution is 1.76. The monoisotopic (exact) mass is 151 g/mol. The third-order valence-corrected chi connectivity index (χ3v) is 1.00. The summed E-state index contributed by atoms with van der Waals surface area (Å²) in [4.78, 5) is 10.0. The van der Waals surface area contributed by atoms with E-state index in [1.165, 1.54) is 0 Å². The van der Waals surface area contributed by atoms with Gasteiger partial charge < -0.3 is 5.73 Å². The summed E-state index contributed by atoms with van der Waals surface area (Å²) in [6.45, 7) is 0.144. The second kappa shape index (κ2) is 3.31. The molecule has 0 saturated carbocycles. The van der Waals surface area contributed by atoms with E-state index in [-0.39, 0.29) is 12.3 Å². The molecule has 0 saturated heterocycles. The molecule has 2 N–H and O–H groups in total. The van der Waals surface area contributed by atoms with E-state index >= 15 is 0 Å². The lowest BCUT2D eigenvalue weighted by atomic mass is 10.5. The summed E-state index contributed by atoms with van der Waals surface area (Å²) in [6, 6.07) is 0. The number of ketones is 1. The average Bonchev–Trinajstić information content (AvgIpc) is 1.65. The highest BCUT2D eigenvalue weighted by atomic mass is 79.9. The van der Waals surface area contributed by atoms with Crippen molar-refractivity contribution in [3.63, 3.8) is 0 Å². The fourth-order valence-corrected chi connectivity index (χ4v) is 0.283. The van der Waals surface area contributed by atoms with E-state index in [1.54, 1.807) is 0 Å². The minimum absolute atomic E-state index is 0.0370. The molecule has 0 aromatic rings. The van der Waals surface area contributed by atoms with Gasteiger partial charge in [-0.15, -0.1) is 0 Å². The summed E-state index contributed by atoms with van der Waals surface area (Å²) < 4.78 is 0. The Morgan fingerprint density at radius 3 is 2.33 bits per heavy atom. The van der Waals surface area contributed by atoms with Gasteiger partial charge in [0.05, 0.1) is 11.9 Å². The zero-order valence-corrected chi connectivity index (χ0v) is 4.86. The number of rotatable bonds is 2. The van der Waals surface area contributed by atoms with Gasteiger partial charge in [-0.3, -0.25) is 4.79 Å². The molecule has 0 bridgehead atoms. The number of hydrogen-bond donors (Lipinski definition) is 1. The molecule has 0 aromatic carbocycles. The van der Waals surface area contributed by atoms with Gasteiger partial charge in [0, 0.05) is 0 Å². The first kappa shape index (κ1) is 6.11. The van der Waals surface area contributed by atoms with E-state index in [0.717, 1.165) is 0 Å². The van der Waals surface area contributed by atoms with Crippen LogP contribution >= 0.6 is 15.9 Å². The molecule has 0 atom stereocenters. The Hall–Kier alpha value is 0.110. The van der Waals surface area contributed by atoms with Gasteiger partial charge >= 0.3 is 0 Å². The van der Waals surface area contributed by atoms with E-state index in [4.69, 9.17) is 5.73 Å². The van der Waals surface area contributed by atoms with Gasteiger partial charge in [0.25, 0.3) is 0 Å². The molecule has 2 nitrogen and oxygen atoms in total. The van der Waals surface area contributed by atoms with E-state index in [0.29, 0.717) is 5.33 Å². The Morgan fingerprint density at radius 2 is 2.33 bits per heavy atom. The summed E-state index contributed by atoms with van der Waals surface area (Å²) in [7, 11) is 0. The summed E-state index contributed by atoms with van der Waals surface area (Å²) in [5.41, 5.74) is 4.90.